The summed E-state index contributed by atoms with van der Waals surface area (Å²) in [7, 11) is 0. The molecule has 30 heavy (non-hydrogen) atoms. The maximum Gasteiger partial charge on any atom is 0.253 e. The molecule has 5 rings (SSSR count). The van der Waals surface area contributed by atoms with E-state index in [1.807, 2.05) is 23.1 Å². The normalized spacial score (nSPS) is 24.4. The number of anilines is 1. The zero-order valence-electron chi connectivity index (χ0n) is 17.2. The maximum atomic E-state index is 13.1. The molecule has 0 bridgehead atoms. The number of carbonyl (C=O) groups is 2. The Morgan fingerprint density at radius 3 is 2.50 bits per heavy atom. The molecule has 0 aliphatic carbocycles. The minimum absolute atomic E-state index is 0.0282. The van der Waals surface area contributed by atoms with Gasteiger partial charge in [0, 0.05) is 50.4 Å². The lowest BCUT2D eigenvalue weighted by Crippen LogP contribution is -2.57. The highest BCUT2D eigenvalue weighted by atomic mass is 16.2. The third-order valence-electron chi connectivity index (χ3n) is 6.86. The standard InChI is InChI=1S/C24H28N4O2/c29-22-9-7-18-16-19(6-8-21(18)26-22)23(30)27-12-14-28(15-13-27)24(10-11-25-17-24)20-4-2-1-3-5-20/h1-6,8,16,25H,7,9-15,17H2,(H,26,29). The summed E-state index contributed by atoms with van der Waals surface area (Å²) >= 11 is 0. The minimum atomic E-state index is 0.0282. The highest BCUT2D eigenvalue weighted by Gasteiger charge is 2.42. The van der Waals surface area contributed by atoms with Crippen LogP contribution in [0.1, 0.15) is 34.3 Å². The lowest BCUT2D eigenvalue weighted by atomic mass is 9.86. The summed E-state index contributed by atoms with van der Waals surface area (Å²) in [5.74, 6) is 0.138. The van der Waals surface area contributed by atoms with E-state index in [0.29, 0.717) is 12.8 Å². The van der Waals surface area contributed by atoms with E-state index in [0.717, 1.165) is 62.5 Å². The molecule has 2 amide bonds. The van der Waals surface area contributed by atoms with Gasteiger partial charge in [-0.05, 0) is 48.7 Å². The molecule has 2 N–H and O–H groups in total. The van der Waals surface area contributed by atoms with E-state index in [1.54, 1.807) is 0 Å². The molecule has 3 aliphatic rings. The second kappa shape index (κ2) is 7.85. The van der Waals surface area contributed by atoms with Crippen molar-refractivity contribution in [3.63, 3.8) is 0 Å². The molecule has 2 aromatic carbocycles. The average molecular weight is 405 g/mol. The van der Waals surface area contributed by atoms with Gasteiger partial charge in [0.05, 0.1) is 5.54 Å². The Morgan fingerprint density at radius 2 is 1.77 bits per heavy atom. The molecule has 6 nitrogen and oxygen atoms in total. The summed E-state index contributed by atoms with van der Waals surface area (Å²) in [5, 5.41) is 6.43. The van der Waals surface area contributed by atoms with E-state index < -0.39 is 0 Å². The third kappa shape index (κ3) is 3.40. The summed E-state index contributed by atoms with van der Waals surface area (Å²) in [6.45, 7) is 5.22. The zero-order valence-corrected chi connectivity index (χ0v) is 17.2. The molecule has 1 unspecified atom stereocenters. The van der Waals surface area contributed by atoms with Gasteiger partial charge in [0.2, 0.25) is 5.91 Å². The highest BCUT2D eigenvalue weighted by molar-refractivity contribution is 5.98. The van der Waals surface area contributed by atoms with Gasteiger partial charge in [0.25, 0.3) is 5.91 Å². The number of aryl methyl sites for hydroxylation is 1. The quantitative estimate of drug-likeness (QED) is 0.823. The summed E-state index contributed by atoms with van der Waals surface area (Å²) in [6.07, 6.45) is 2.28. The van der Waals surface area contributed by atoms with Gasteiger partial charge in [-0.1, -0.05) is 30.3 Å². The molecule has 3 heterocycles. The number of fused-ring (bicyclic) bond motifs is 1. The van der Waals surface area contributed by atoms with Crippen molar-refractivity contribution in [1.82, 2.24) is 15.1 Å². The van der Waals surface area contributed by atoms with Crippen LogP contribution in [0, 0.1) is 0 Å². The average Bonchev–Trinajstić information content (AvgIpc) is 3.30. The summed E-state index contributed by atoms with van der Waals surface area (Å²) < 4.78 is 0. The van der Waals surface area contributed by atoms with Gasteiger partial charge >= 0.3 is 0 Å². The van der Waals surface area contributed by atoms with E-state index >= 15 is 0 Å². The van der Waals surface area contributed by atoms with Gasteiger partial charge in [-0.25, -0.2) is 0 Å². The molecule has 0 radical (unpaired) electrons. The fraction of sp³-hybridized carbons (Fsp3) is 0.417. The summed E-state index contributed by atoms with van der Waals surface area (Å²) in [6, 6.07) is 16.4. The monoisotopic (exact) mass is 404 g/mol. The second-order valence-electron chi connectivity index (χ2n) is 8.52. The van der Waals surface area contributed by atoms with Crippen LogP contribution in [0.15, 0.2) is 48.5 Å². The molecule has 0 aromatic heterocycles. The van der Waals surface area contributed by atoms with Crippen molar-refractivity contribution in [2.24, 2.45) is 0 Å². The van der Waals surface area contributed by atoms with Gasteiger partial charge in [0.1, 0.15) is 0 Å². The first-order valence-corrected chi connectivity index (χ1v) is 10.9. The zero-order chi connectivity index (χ0) is 20.6. The number of piperazine rings is 1. The van der Waals surface area contributed by atoms with E-state index in [2.05, 4.69) is 45.9 Å². The molecule has 2 saturated heterocycles. The molecular weight excluding hydrogens is 376 g/mol. The number of hydrogen-bond acceptors (Lipinski definition) is 4. The molecule has 1 atom stereocenters. The molecule has 0 spiro atoms. The lowest BCUT2D eigenvalue weighted by Gasteiger charge is -2.46. The number of carbonyl (C=O) groups excluding carboxylic acids is 2. The first kappa shape index (κ1) is 19.3. The Hall–Kier alpha value is -2.70. The Balaban J connectivity index is 1.29. The van der Waals surface area contributed by atoms with Gasteiger partial charge in [-0.3, -0.25) is 14.5 Å². The van der Waals surface area contributed by atoms with Gasteiger partial charge in [-0.2, -0.15) is 0 Å². The first-order chi connectivity index (χ1) is 14.7. The number of amides is 2. The number of benzene rings is 2. The van der Waals surface area contributed by atoms with Crippen LogP contribution < -0.4 is 10.6 Å². The molecule has 2 aromatic rings. The molecular formula is C24H28N4O2. The summed E-state index contributed by atoms with van der Waals surface area (Å²) in [4.78, 5) is 29.2. The first-order valence-electron chi connectivity index (χ1n) is 10.9. The lowest BCUT2D eigenvalue weighted by molar-refractivity contribution is -0.116. The minimum Gasteiger partial charge on any atom is -0.336 e. The number of rotatable bonds is 3. The molecule has 3 aliphatic heterocycles. The van der Waals surface area contributed by atoms with Crippen LogP contribution in [0.25, 0.3) is 0 Å². The van der Waals surface area contributed by atoms with E-state index in [-0.39, 0.29) is 17.4 Å². The van der Waals surface area contributed by atoms with Crippen molar-refractivity contribution in [3.8, 4) is 0 Å². The smallest absolute Gasteiger partial charge is 0.253 e. The fourth-order valence-corrected chi connectivity index (χ4v) is 5.16. The highest BCUT2D eigenvalue weighted by Crippen LogP contribution is 2.35. The number of hydrogen-bond donors (Lipinski definition) is 2. The number of nitrogens with one attached hydrogen (secondary N) is 2. The molecule has 0 saturated carbocycles. The van der Waals surface area contributed by atoms with Crippen molar-refractivity contribution < 1.29 is 9.59 Å². The van der Waals surface area contributed by atoms with E-state index in [1.165, 1.54) is 5.56 Å². The Labute approximate surface area is 177 Å². The third-order valence-corrected chi connectivity index (χ3v) is 6.86. The van der Waals surface area contributed by atoms with Crippen LogP contribution in [0.5, 0.6) is 0 Å². The van der Waals surface area contributed by atoms with Crippen molar-refractivity contribution in [2.75, 3.05) is 44.6 Å². The molecule has 6 heteroatoms. The van der Waals surface area contributed by atoms with Crippen LogP contribution in [-0.4, -0.2) is 60.9 Å². The van der Waals surface area contributed by atoms with E-state index in [4.69, 9.17) is 0 Å². The van der Waals surface area contributed by atoms with E-state index in [9.17, 15) is 9.59 Å². The predicted molar refractivity (Wildman–Crippen MR) is 116 cm³/mol. The van der Waals surface area contributed by atoms with Gasteiger partial charge in [0.15, 0.2) is 0 Å². The van der Waals surface area contributed by atoms with Gasteiger partial charge < -0.3 is 15.5 Å². The van der Waals surface area contributed by atoms with Crippen LogP contribution >= 0.6 is 0 Å². The van der Waals surface area contributed by atoms with Crippen LogP contribution in [-0.2, 0) is 16.8 Å². The predicted octanol–water partition coefficient (Wildman–Crippen LogP) is 2.22. The Morgan fingerprint density at radius 1 is 0.967 bits per heavy atom. The maximum absolute atomic E-state index is 13.1. The number of nitrogens with zero attached hydrogens (tertiary/aromatic N) is 2. The topological polar surface area (TPSA) is 64.7 Å². The fourth-order valence-electron chi connectivity index (χ4n) is 5.16. The van der Waals surface area contributed by atoms with Gasteiger partial charge in [-0.15, -0.1) is 0 Å². The second-order valence-corrected chi connectivity index (χ2v) is 8.52. The van der Waals surface area contributed by atoms with Crippen molar-refractivity contribution in [1.29, 1.82) is 0 Å². The van der Waals surface area contributed by atoms with Crippen molar-refractivity contribution in [3.05, 3.63) is 65.2 Å². The Kier molecular flexibility index (Phi) is 5.05. The Bertz CT molecular complexity index is 945. The van der Waals surface area contributed by atoms with Crippen molar-refractivity contribution in [2.45, 2.75) is 24.8 Å². The molecule has 156 valence electrons. The van der Waals surface area contributed by atoms with Crippen LogP contribution in [0.4, 0.5) is 5.69 Å². The van der Waals surface area contributed by atoms with Crippen LogP contribution in [0.2, 0.25) is 0 Å². The SMILES string of the molecule is O=C1CCc2cc(C(=O)N3CCN(C4(c5ccccc5)CCNC4)CC3)ccc2N1. The molecule has 2 fully saturated rings. The van der Waals surface area contributed by atoms with Crippen molar-refractivity contribution >= 4 is 17.5 Å². The summed E-state index contributed by atoms with van der Waals surface area (Å²) in [5.41, 5.74) is 4.01. The van der Waals surface area contributed by atoms with Crippen LogP contribution in [0.3, 0.4) is 0 Å². The largest absolute Gasteiger partial charge is 0.336 e.